The molecule has 332 valence electrons. The monoisotopic (exact) mass is 826 g/mol. The van der Waals surface area contributed by atoms with E-state index >= 15 is 0 Å². The van der Waals surface area contributed by atoms with E-state index in [-0.39, 0.29) is 52.1 Å². The normalized spacial score (nSPS) is 56.1. The van der Waals surface area contributed by atoms with Gasteiger partial charge in [-0.15, -0.1) is 0 Å². The fourth-order valence-corrected chi connectivity index (χ4v) is 15.3. The molecule has 21 unspecified atom stereocenters. The first-order valence-electron chi connectivity index (χ1n) is 21.8. The zero-order chi connectivity index (χ0) is 42.3. The molecular weight excluding hydrogens is 756 g/mol. The third-order valence-corrected chi connectivity index (χ3v) is 18.0. The second kappa shape index (κ2) is 14.2. The molecule has 21 atom stereocenters. The minimum Gasteiger partial charge on any atom is -0.454 e. The van der Waals surface area contributed by atoms with E-state index in [9.17, 15) is 45.6 Å². The summed E-state index contributed by atoms with van der Waals surface area (Å²) in [5.74, 6) is -0.703. The summed E-state index contributed by atoms with van der Waals surface area (Å²) in [5, 5.41) is 86.7. The van der Waals surface area contributed by atoms with Gasteiger partial charge in [-0.05, 0) is 117 Å². The number of carbonyl (C=O) groups excluding carboxylic acids is 1. The number of rotatable bonds is 8. The number of esters is 1. The summed E-state index contributed by atoms with van der Waals surface area (Å²) in [6.07, 6.45) is -6.89. The van der Waals surface area contributed by atoms with Crippen molar-refractivity contribution in [2.45, 2.75) is 204 Å². The van der Waals surface area contributed by atoms with Gasteiger partial charge in [-0.3, -0.25) is 4.79 Å². The molecule has 0 bridgehead atoms. The molecule has 8 rings (SSSR count). The average Bonchev–Trinajstić information content (AvgIpc) is 3.49. The van der Waals surface area contributed by atoms with Gasteiger partial charge in [-0.25, -0.2) is 0 Å². The summed E-state index contributed by atoms with van der Waals surface area (Å²) in [7, 11) is 0. The van der Waals surface area contributed by atoms with Crippen LogP contribution in [0.4, 0.5) is 0 Å². The Morgan fingerprint density at radius 3 is 2.16 bits per heavy atom. The molecule has 8 aliphatic rings. The molecule has 8 N–H and O–H groups in total. The van der Waals surface area contributed by atoms with E-state index < -0.39 is 103 Å². The van der Waals surface area contributed by atoms with E-state index in [0.717, 1.165) is 25.7 Å². The predicted molar refractivity (Wildman–Crippen MR) is 203 cm³/mol. The van der Waals surface area contributed by atoms with Gasteiger partial charge in [0.2, 0.25) is 0 Å². The van der Waals surface area contributed by atoms with Gasteiger partial charge < -0.3 is 69.3 Å². The van der Waals surface area contributed by atoms with E-state index in [2.05, 4.69) is 34.6 Å². The molecule has 15 heteroatoms. The number of carbonyl (C=O) groups is 1. The Balaban J connectivity index is 0.996. The lowest BCUT2D eigenvalue weighted by Gasteiger charge is -2.64. The van der Waals surface area contributed by atoms with E-state index in [1.165, 1.54) is 6.92 Å². The Hall–Kier alpha value is -1.05. The first kappa shape index (κ1) is 43.6. The molecule has 0 amide bonds. The molecular formula is C43H70O15. The average molecular weight is 827 g/mol. The third-order valence-electron chi connectivity index (χ3n) is 18.0. The molecule has 8 fully saturated rings. The molecule has 0 aromatic carbocycles. The highest BCUT2D eigenvalue weighted by Crippen LogP contribution is 2.89. The zero-order valence-corrected chi connectivity index (χ0v) is 35.5. The van der Waals surface area contributed by atoms with Crippen molar-refractivity contribution in [3.8, 4) is 0 Å². The van der Waals surface area contributed by atoms with Crippen molar-refractivity contribution in [3.63, 3.8) is 0 Å². The fraction of sp³-hybridized carbons (Fsp3) is 0.977. The summed E-state index contributed by atoms with van der Waals surface area (Å²) in [5.41, 5.74) is -2.91. The van der Waals surface area contributed by atoms with E-state index in [1.807, 2.05) is 13.8 Å². The van der Waals surface area contributed by atoms with Crippen LogP contribution in [0.2, 0.25) is 0 Å². The van der Waals surface area contributed by atoms with Gasteiger partial charge in [0.1, 0.15) is 36.6 Å². The minimum atomic E-state index is -1.56. The van der Waals surface area contributed by atoms with Gasteiger partial charge in [0.15, 0.2) is 18.7 Å². The van der Waals surface area contributed by atoms with Gasteiger partial charge in [0.05, 0.1) is 48.8 Å². The molecule has 0 aromatic rings. The maximum atomic E-state index is 12.4. The van der Waals surface area contributed by atoms with Crippen molar-refractivity contribution in [2.24, 2.45) is 44.8 Å². The van der Waals surface area contributed by atoms with Crippen molar-refractivity contribution in [2.75, 3.05) is 13.2 Å². The highest BCUT2D eigenvalue weighted by molar-refractivity contribution is 5.66. The van der Waals surface area contributed by atoms with Crippen molar-refractivity contribution < 1.29 is 74.1 Å². The summed E-state index contributed by atoms with van der Waals surface area (Å²) in [4.78, 5) is 11.9. The van der Waals surface area contributed by atoms with E-state index in [0.29, 0.717) is 32.1 Å². The molecule has 2 spiro atoms. The molecule has 3 heterocycles. The standard InChI is InChI=1S/C43H70O15/c1-20(45)54-32-28(49)23(48)18-53-36(32)56-26-10-12-43-19-42(43)14-13-39(6)34(22(47)16-40(39,7)25(42)15-21(46)33(43)37(26,2)3)41(8)11-9-27(57-41)38(4,5)58-35-31(52)30(51)29(50)24(17-44)55-35/h21-36,44,46-52H,9-19H2,1-8H3. The first-order valence-corrected chi connectivity index (χ1v) is 21.8. The van der Waals surface area contributed by atoms with Crippen molar-refractivity contribution in [1.82, 2.24) is 0 Å². The Morgan fingerprint density at radius 2 is 1.48 bits per heavy atom. The van der Waals surface area contributed by atoms with Crippen LogP contribution < -0.4 is 0 Å². The Kier molecular flexibility index (Phi) is 10.7. The van der Waals surface area contributed by atoms with Crippen LogP contribution in [0.25, 0.3) is 0 Å². The van der Waals surface area contributed by atoms with Crippen LogP contribution in [-0.2, 0) is 33.2 Å². The van der Waals surface area contributed by atoms with Crippen LogP contribution in [0, 0.1) is 44.8 Å². The Bertz CT molecular complexity index is 1580. The topological polar surface area (TPSA) is 234 Å². The molecule has 3 saturated heterocycles. The predicted octanol–water partition coefficient (Wildman–Crippen LogP) is 1.29. The fourth-order valence-electron chi connectivity index (χ4n) is 15.3. The van der Waals surface area contributed by atoms with Crippen molar-refractivity contribution in [3.05, 3.63) is 0 Å². The van der Waals surface area contributed by atoms with Gasteiger partial charge in [-0.2, -0.15) is 0 Å². The number of aliphatic hydroxyl groups is 8. The summed E-state index contributed by atoms with van der Waals surface area (Å²) < 4.78 is 36.8. The number of hydrogen-bond acceptors (Lipinski definition) is 15. The highest BCUT2D eigenvalue weighted by Gasteiger charge is 2.85. The SMILES string of the molecule is CC(=O)OC1C(OC2CCC34CC35CCC3(C)C(C6(C)CCC(C(C)(C)OC7OC(CO)C(O)C(O)C7O)O6)C(O)CC3(C)C5CC(O)C4C2(C)C)OCC(O)C1O. The smallest absolute Gasteiger partial charge is 0.303 e. The minimum absolute atomic E-state index is 0.00509. The Labute approximate surface area is 341 Å². The first-order chi connectivity index (χ1) is 26.9. The van der Waals surface area contributed by atoms with E-state index in [1.54, 1.807) is 0 Å². The number of ether oxygens (including phenoxy) is 6. The maximum absolute atomic E-state index is 12.4. The van der Waals surface area contributed by atoms with Crippen LogP contribution in [-0.4, -0.2) is 151 Å². The zero-order valence-electron chi connectivity index (χ0n) is 35.5. The van der Waals surface area contributed by atoms with Gasteiger partial charge in [-0.1, -0.05) is 27.7 Å². The lowest BCUT2D eigenvalue weighted by atomic mass is 9.41. The number of hydrogen-bond donors (Lipinski definition) is 8. The van der Waals surface area contributed by atoms with Crippen LogP contribution in [0.3, 0.4) is 0 Å². The quantitative estimate of drug-likeness (QED) is 0.127. The third kappa shape index (κ3) is 6.10. The van der Waals surface area contributed by atoms with E-state index in [4.69, 9.17) is 28.4 Å². The van der Waals surface area contributed by atoms with Crippen molar-refractivity contribution >= 4 is 5.97 Å². The second-order valence-electron chi connectivity index (χ2n) is 21.6. The maximum Gasteiger partial charge on any atom is 0.303 e. The van der Waals surface area contributed by atoms with Gasteiger partial charge in [0.25, 0.3) is 0 Å². The lowest BCUT2D eigenvalue weighted by Crippen LogP contribution is -2.63. The molecule has 3 aliphatic heterocycles. The van der Waals surface area contributed by atoms with Crippen LogP contribution >= 0.6 is 0 Å². The Morgan fingerprint density at radius 1 is 0.776 bits per heavy atom. The summed E-state index contributed by atoms with van der Waals surface area (Å²) in [6.45, 7) is 15.3. The number of aliphatic hydroxyl groups excluding tert-OH is 8. The van der Waals surface area contributed by atoms with Crippen LogP contribution in [0.1, 0.15) is 113 Å². The highest BCUT2D eigenvalue weighted by atomic mass is 16.7. The molecule has 0 aromatic heterocycles. The second-order valence-corrected chi connectivity index (χ2v) is 21.6. The molecule has 58 heavy (non-hydrogen) atoms. The van der Waals surface area contributed by atoms with Gasteiger partial charge >= 0.3 is 5.97 Å². The molecule has 15 nitrogen and oxygen atoms in total. The summed E-state index contributed by atoms with van der Waals surface area (Å²) >= 11 is 0. The van der Waals surface area contributed by atoms with Crippen LogP contribution in [0.15, 0.2) is 0 Å². The van der Waals surface area contributed by atoms with Crippen molar-refractivity contribution in [1.29, 1.82) is 0 Å². The number of fused-ring (bicyclic) bond motifs is 2. The largest absolute Gasteiger partial charge is 0.454 e. The molecule has 5 saturated carbocycles. The molecule has 5 aliphatic carbocycles. The molecule has 0 radical (unpaired) electrons. The van der Waals surface area contributed by atoms with Crippen LogP contribution in [0.5, 0.6) is 0 Å². The lowest BCUT2D eigenvalue weighted by molar-refractivity contribution is -0.334. The summed E-state index contributed by atoms with van der Waals surface area (Å²) in [6, 6.07) is 0. The van der Waals surface area contributed by atoms with Gasteiger partial charge in [0, 0.05) is 12.8 Å².